The van der Waals surface area contributed by atoms with Gasteiger partial charge in [0.2, 0.25) is 0 Å². The molecule has 0 amide bonds. The molecule has 5 nitrogen and oxygen atoms in total. The van der Waals surface area contributed by atoms with E-state index in [1.165, 1.54) is 11.3 Å². The molecule has 2 aliphatic heterocycles. The molecule has 0 spiro atoms. The molecule has 0 aliphatic carbocycles. The molecule has 23 heavy (non-hydrogen) atoms. The molecule has 1 aromatic rings. The standard InChI is InChI=1S/C18H26N2O3/c1-3-22-18(21)13-6-8-20(9-7-13)16-5-4-14-10-15(19-2)12-23-17(14)11-16/h4-5,11,13,15,19H,3,6-10,12H2,1-2H3/t15-/m1/s1. The molecule has 0 aromatic heterocycles. The van der Waals surface area contributed by atoms with Crippen LogP contribution in [0.25, 0.3) is 0 Å². The Balaban J connectivity index is 1.62. The summed E-state index contributed by atoms with van der Waals surface area (Å²) in [5.74, 6) is 1.01. The first kappa shape index (κ1) is 16.1. The van der Waals surface area contributed by atoms with Crippen molar-refractivity contribution in [3.8, 4) is 5.75 Å². The minimum Gasteiger partial charge on any atom is -0.492 e. The highest BCUT2D eigenvalue weighted by molar-refractivity contribution is 5.73. The number of hydrogen-bond acceptors (Lipinski definition) is 5. The molecule has 126 valence electrons. The third-order valence-electron chi connectivity index (χ3n) is 4.85. The van der Waals surface area contributed by atoms with Gasteiger partial charge in [-0.05, 0) is 44.9 Å². The second-order valence-corrected chi connectivity index (χ2v) is 6.31. The Kier molecular flexibility index (Phi) is 5.06. The van der Waals surface area contributed by atoms with Gasteiger partial charge in [0.15, 0.2) is 0 Å². The second kappa shape index (κ2) is 7.21. The fourth-order valence-corrected chi connectivity index (χ4v) is 3.38. The lowest BCUT2D eigenvalue weighted by atomic mass is 9.96. The van der Waals surface area contributed by atoms with Crippen molar-refractivity contribution in [2.24, 2.45) is 5.92 Å². The summed E-state index contributed by atoms with van der Waals surface area (Å²) in [7, 11) is 1.97. The van der Waals surface area contributed by atoms with Crippen LogP contribution < -0.4 is 15.0 Å². The normalized spacial score (nSPS) is 21.5. The summed E-state index contributed by atoms with van der Waals surface area (Å²) in [6.45, 7) is 4.83. The van der Waals surface area contributed by atoms with Crippen LogP contribution in [0.5, 0.6) is 5.75 Å². The molecule has 1 N–H and O–H groups in total. The highest BCUT2D eigenvalue weighted by Gasteiger charge is 2.27. The first-order valence-corrected chi connectivity index (χ1v) is 8.55. The summed E-state index contributed by atoms with van der Waals surface area (Å²) in [5.41, 5.74) is 2.45. The van der Waals surface area contributed by atoms with Gasteiger partial charge in [-0.1, -0.05) is 6.07 Å². The van der Waals surface area contributed by atoms with Crippen molar-refractivity contribution in [2.45, 2.75) is 32.2 Å². The van der Waals surface area contributed by atoms with Gasteiger partial charge < -0.3 is 19.7 Å². The second-order valence-electron chi connectivity index (χ2n) is 6.31. The van der Waals surface area contributed by atoms with Crippen LogP contribution >= 0.6 is 0 Å². The highest BCUT2D eigenvalue weighted by Crippen LogP contribution is 2.32. The fraction of sp³-hybridized carbons (Fsp3) is 0.611. The maximum absolute atomic E-state index is 11.8. The lowest BCUT2D eigenvalue weighted by Gasteiger charge is -2.33. The van der Waals surface area contributed by atoms with Crippen LogP contribution in [0.1, 0.15) is 25.3 Å². The lowest BCUT2D eigenvalue weighted by Crippen LogP contribution is -2.38. The molecule has 1 atom stereocenters. The van der Waals surface area contributed by atoms with E-state index in [0.29, 0.717) is 12.6 Å². The van der Waals surface area contributed by atoms with Crippen molar-refractivity contribution in [1.29, 1.82) is 0 Å². The molecular formula is C18H26N2O3. The number of carbonyl (C=O) groups is 1. The van der Waals surface area contributed by atoms with Crippen molar-refractivity contribution in [3.05, 3.63) is 23.8 Å². The molecule has 0 bridgehead atoms. The van der Waals surface area contributed by atoms with E-state index < -0.39 is 0 Å². The summed E-state index contributed by atoms with van der Waals surface area (Å²) in [4.78, 5) is 14.2. The van der Waals surface area contributed by atoms with Crippen LogP contribution in [0, 0.1) is 5.92 Å². The van der Waals surface area contributed by atoms with E-state index in [-0.39, 0.29) is 11.9 Å². The Morgan fingerprint density at radius 2 is 2.17 bits per heavy atom. The van der Waals surface area contributed by atoms with Crippen molar-refractivity contribution >= 4 is 11.7 Å². The average molecular weight is 318 g/mol. The van der Waals surface area contributed by atoms with E-state index in [4.69, 9.17) is 9.47 Å². The van der Waals surface area contributed by atoms with E-state index in [2.05, 4.69) is 28.4 Å². The van der Waals surface area contributed by atoms with Gasteiger partial charge in [0.1, 0.15) is 12.4 Å². The fourth-order valence-electron chi connectivity index (χ4n) is 3.38. The Labute approximate surface area is 137 Å². The third-order valence-corrected chi connectivity index (χ3v) is 4.85. The number of ether oxygens (including phenoxy) is 2. The molecule has 3 rings (SSSR count). The van der Waals surface area contributed by atoms with Crippen LogP contribution in [0.2, 0.25) is 0 Å². The average Bonchev–Trinajstić information content (AvgIpc) is 2.61. The quantitative estimate of drug-likeness (QED) is 0.861. The van der Waals surface area contributed by atoms with Gasteiger partial charge in [-0.3, -0.25) is 4.79 Å². The van der Waals surface area contributed by atoms with Crippen molar-refractivity contribution in [1.82, 2.24) is 5.32 Å². The zero-order valence-corrected chi connectivity index (χ0v) is 14.0. The van der Waals surface area contributed by atoms with Gasteiger partial charge in [0.05, 0.1) is 12.5 Å². The van der Waals surface area contributed by atoms with E-state index in [9.17, 15) is 4.79 Å². The highest BCUT2D eigenvalue weighted by atomic mass is 16.5. The third kappa shape index (κ3) is 3.61. The number of piperidine rings is 1. The molecule has 5 heteroatoms. The molecule has 1 aromatic carbocycles. The lowest BCUT2D eigenvalue weighted by molar-refractivity contribution is -0.148. The number of likely N-dealkylation sites (N-methyl/N-ethyl adjacent to an activating group) is 1. The Bertz CT molecular complexity index is 553. The van der Waals surface area contributed by atoms with Crippen molar-refractivity contribution in [3.63, 3.8) is 0 Å². The zero-order chi connectivity index (χ0) is 16.2. The molecule has 1 fully saturated rings. The number of anilines is 1. The SMILES string of the molecule is CCOC(=O)C1CCN(c2ccc3c(c2)OC[C@H](NC)C3)CC1. The first-order chi connectivity index (χ1) is 11.2. The van der Waals surface area contributed by atoms with E-state index in [0.717, 1.165) is 44.7 Å². The van der Waals surface area contributed by atoms with Crippen molar-refractivity contribution < 1.29 is 14.3 Å². The van der Waals surface area contributed by atoms with Crippen LogP contribution in [-0.4, -0.2) is 45.4 Å². The van der Waals surface area contributed by atoms with Gasteiger partial charge in [-0.15, -0.1) is 0 Å². The molecule has 2 heterocycles. The molecule has 2 aliphatic rings. The van der Waals surface area contributed by atoms with E-state index >= 15 is 0 Å². The van der Waals surface area contributed by atoms with E-state index in [1.807, 2.05) is 14.0 Å². The Hall–Kier alpha value is -1.75. The molecule has 0 radical (unpaired) electrons. The van der Waals surface area contributed by atoms with Crippen LogP contribution in [0.15, 0.2) is 18.2 Å². The Morgan fingerprint density at radius 3 is 2.87 bits per heavy atom. The van der Waals surface area contributed by atoms with Crippen LogP contribution in [0.3, 0.4) is 0 Å². The largest absolute Gasteiger partial charge is 0.492 e. The summed E-state index contributed by atoms with van der Waals surface area (Å²) >= 11 is 0. The number of hydrogen-bond donors (Lipinski definition) is 1. The molecule has 0 saturated carbocycles. The number of rotatable bonds is 4. The first-order valence-electron chi connectivity index (χ1n) is 8.55. The van der Waals surface area contributed by atoms with E-state index in [1.54, 1.807) is 0 Å². The summed E-state index contributed by atoms with van der Waals surface area (Å²) < 4.78 is 11.0. The number of nitrogens with one attached hydrogen (secondary N) is 1. The van der Waals surface area contributed by atoms with Gasteiger partial charge in [-0.2, -0.15) is 0 Å². The monoisotopic (exact) mass is 318 g/mol. The number of carbonyl (C=O) groups excluding carboxylic acids is 1. The topological polar surface area (TPSA) is 50.8 Å². The molecule has 1 saturated heterocycles. The molecular weight excluding hydrogens is 292 g/mol. The van der Waals surface area contributed by atoms with Crippen molar-refractivity contribution in [2.75, 3.05) is 38.3 Å². The van der Waals surface area contributed by atoms with Gasteiger partial charge in [0.25, 0.3) is 0 Å². The maximum atomic E-state index is 11.8. The smallest absolute Gasteiger partial charge is 0.309 e. The van der Waals surface area contributed by atoms with Crippen LogP contribution in [-0.2, 0) is 16.0 Å². The predicted octanol–water partition coefficient (Wildman–Crippen LogP) is 1.99. The predicted molar refractivity (Wildman–Crippen MR) is 90.1 cm³/mol. The van der Waals surface area contributed by atoms with Gasteiger partial charge in [-0.25, -0.2) is 0 Å². The minimum atomic E-state index is -0.0426. The maximum Gasteiger partial charge on any atom is 0.309 e. The number of esters is 1. The Morgan fingerprint density at radius 1 is 1.39 bits per heavy atom. The zero-order valence-electron chi connectivity index (χ0n) is 14.0. The number of fused-ring (bicyclic) bond motifs is 1. The van der Waals surface area contributed by atoms with Gasteiger partial charge in [0, 0.05) is 30.9 Å². The number of benzene rings is 1. The summed E-state index contributed by atoms with van der Waals surface area (Å²) in [6.07, 6.45) is 2.73. The summed E-state index contributed by atoms with van der Waals surface area (Å²) in [5, 5.41) is 3.27. The minimum absolute atomic E-state index is 0.0426. The van der Waals surface area contributed by atoms with Crippen LogP contribution in [0.4, 0.5) is 5.69 Å². The van der Waals surface area contributed by atoms with Gasteiger partial charge >= 0.3 is 5.97 Å². The number of nitrogens with zero attached hydrogens (tertiary/aromatic N) is 1. The molecule has 0 unspecified atom stereocenters. The summed E-state index contributed by atoms with van der Waals surface area (Å²) in [6, 6.07) is 6.89.